The third-order valence-corrected chi connectivity index (χ3v) is 3.66. The maximum Gasteiger partial charge on any atom is 0.410 e. The molecule has 21 heavy (non-hydrogen) atoms. The lowest BCUT2D eigenvalue weighted by Gasteiger charge is -2.34. The largest absolute Gasteiger partial charge is 0.469 e. The van der Waals surface area contributed by atoms with E-state index < -0.39 is 0 Å². The second kappa shape index (κ2) is 7.11. The van der Waals surface area contributed by atoms with Gasteiger partial charge in [-0.1, -0.05) is 37.3 Å². The predicted molar refractivity (Wildman–Crippen MR) is 77.5 cm³/mol. The molecule has 5 heteroatoms. The number of nitrogens with zero attached hydrogens (tertiary/aromatic N) is 1. The molecule has 1 heterocycles. The van der Waals surface area contributed by atoms with Crippen LogP contribution in [-0.2, 0) is 20.9 Å². The number of rotatable bonds is 3. The lowest BCUT2D eigenvalue weighted by molar-refractivity contribution is -0.147. The molecule has 2 atom stereocenters. The first-order valence-electron chi connectivity index (χ1n) is 7.13. The van der Waals surface area contributed by atoms with Crippen molar-refractivity contribution in [2.24, 2.45) is 11.8 Å². The van der Waals surface area contributed by atoms with Crippen LogP contribution < -0.4 is 0 Å². The van der Waals surface area contributed by atoms with Crippen molar-refractivity contribution in [1.82, 2.24) is 4.90 Å². The van der Waals surface area contributed by atoms with Crippen LogP contribution in [-0.4, -0.2) is 37.2 Å². The van der Waals surface area contributed by atoms with E-state index in [9.17, 15) is 9.59 Å². The number of carbonyl (C=O) groups is 2. The second-order valence-corrected chi connectivity index (χ2v) is 5.51. The third-order valence-electron chi connectivity index (χ3n) is 3.66. The molecule has 0 radical (unpaired) electrons. The summed E-state index contributed by atoms with van der Waals surface area (Å²) in [7, 11) is 1.37. The van der Waals surface area contributed by atoms with Gasteiger partial charge in [0.1, 0.15) is 6.61 Å². The minimum absolute atomic E-state index is 0.243. The molecule has 1 aliphatic heterocycles. The molecule has 1 aromatic rings. The topological polar surface area (TPSA) is 55.8 Å². The van der Waals surface area contributed by atoms with Gasteiger partial charge in [-0.15, -0.1) is 0 Å². The van der Waals surface area contributed by atoms with Gasteiger partial charge in [-0.05, 0) is 17.9 Å². The van der Waals surface area contributed by atoms with Gasteiger partial charge in [0.15, 0.2) is 0 Å². The maximum atomic E-state index is 12.1. The molecule has 114 valence electrons. The first-order valence-corrected chi connectivity index (χ1v) is 7.13. The zero-order chi connectivity index (χ0) is 15.2. The molecule has 1 fully saturated rings. The summed E-state index contributed by atoms with van der Waals surface area (Å²) in [6.07, 6.45) is 0.370. The van der Waals surface area contributed by atoms with Crippen molar-refractivity contribution in [3.05, 3.63) is 35.9 Å². The Bertz CT molecular complexity index is 488. The molecule has 0 N–H and O–H groups in total. The standard InChI is InChI=1S/C16H21NO4/c1-12-8-14(15(18)20-2)10-17(9-12)16(19)21-11-13-6-4-3-5-7-13/h3-7,12,14H,8-11H2,1-2H3/t12-,14-/m0/s1. The van der Waals surface area contributed by atoms with Gasteiger partial charge < -0.3 is 14.4 Å². The van der Waals surface area contributed by atoms with Crippen molar-refractivity contribution >= 4 is 12.1 Å². The van der Waals surface area contributed by atoms with Crippen molar-refractivity contribution in [3.63, 3.8) is 0 Å². The Morgan fingerprint density at radius 1 is 1.24 bits per heavy atom. The average molecular weight is 291 g/mol. The molecule has 0 spiro atoms. The Balaban J connectivity index is 1.90. The smallest absolute Gasteiger partial charge is 0.410 e. The van der Waals surface area contributed by atoms with Gasteiger partial charge in [-0.2, -0.15) is 0 Å². The summed E-state index contributed by atoms with van der Waals surface area (Å²) in [5.74, 6) is -0.266. The van der Waals surface area contributed by atoms with Gasteiger partial charge in [0.25, 0.3) is 0 Å². The monoisotopic (exact) mass is 291 g/mol. The van der Waals surface area contributed by atoms with Crippen molar-refractivity contribution < 1.29 is 19.1 Å². The van der Waals surface area contributed by atoms with E-state index >= 15 is 0 Å². The fraction of sp³-hybridized carbons (Fsp3) is 0.500. The van der Waals surface area contributed by atoms with Crippen LogP contribution in [0.1, 0.15) is 18.9 Å². The summed E-state index contributed by atoms with van der Waals surface area (Å²) in [6, 6.07) is 9.53. The molecule has 0 aromatic heterocycles. The molecule has 1 amide bonds. The van der Waals surface area contributed by atoms with E-state index in [1.807, 2.05) is 37.3 Å². The highest BCUT2D eigenvalue weighted by Gasteiger charge is 2.33. The van der Waals surface area contributed by atoms with Crippen molar-refractivity contribution in [1.29, 1.82) is 0 Å². The van der Waals surface area contributed by atoms with Crippen molar-refractivity contribution in [2.75, 3.05) is 20.2 Å². The van der Waals surface area contributed by atoms with E-state index in [2.05, 4.69) is 0 Å². The Labute approximate surface area is 124 Å². The lowest BCUT2D eigenvalue weighted by atomic mass is 9.91. The fourth-order valence-corrected chi connectivity index (χ4v) is 2.65. The van der Waals surface area contributed by atoms with Gasteiger partial charge >= 0.3 is 12.1 Å². The number of likely N-dealkylation sites (tertiary alicyclic amines) is 1. The van der Waals surface area contributed by atoms with Crippen LogP contribution in [0, 0.1) is 11.8 Å². The number of piperidine rings is 1. The summed E-state index contributed by atoms with van der Waals surface area (Å²) in [6.45, 7) is 3.24. The molecule has 0 unspecified atom stereocenters. The molecule has 2 rings (SSSR count). The minimum atomic E-state index is -0.376. The number of hydrogen-bond donors (Lipinski definition) is 0. The Morgan fingerprint density at radius 2 is 1.95 bits per heavy atom. The highest BCUT2D eigenvalue weighted by molar-refractivity contribution is 5.74. The molecule has 1 aliphatic rings. The summed E-state index contributed by atoms with van der Waals surface area (Å²) < 4.78 is 10.1. The van der Waals surface area contributed by atoms with Crippen LogP contribution in [0.2, 0.25) is 0 Å². The third kappa shape index (κ3) is 4.21. The van der Waals surface area contributed by atoms with Crippen molar-refractivity contribution in [3.8, 4) is 0 Å². The summed E-state index contributed by atoms with van der Waals surface area (Å²) in [5, 5.41) is 0. The number of hydrogen-bond acceptors (Lipinski definition) is 4. The Hall–Kier alpha value is -2.04. The predicted octanol–water partition coefficient (Wildman–Crippen LogP) is 2.45. The van der Waals surface area contributed by atoms with Crippen LogP contribution in [0.3, 0.4) is 0 Å². The zero-order valence-electron chi connectivity index (χ0n) is 12.5. The van der Waals surface area contributed by atoms with E-state index in [-0.39, 0.29) is 30.5 Å². The molecule has 0 saturated carbocycles. The van der Waals surface area contributed by atoms with Crippen LogP contribution in [0.15, 0.2) is 30.3 Å². The summed E-state index contributed by atoms with van der Waals surface area (Å²) in [5.41, 5.74) is 0.945. The van der Waals surface area contributed by atoms with Gasteiger partial charge in [-0.25, -0.2) is 4.79 Å². The van der Waals surface area contributed by atoms with Gasteiger partial charge in [0, 0.05) is 13.1 Å². The molecule has 5 nitrogen and oxygen atoms in total. The zero-order valence-corrected chi connectivity index (χ0v) is 12.5. The van der Waals surface area contributed by atoms with E-state index in [1.165, 1.54) is 7.11 Å². The van der Waals surface area contributed by atoms with Crippen molar-refractivity contribution in [2.45, 2.75) is 20.0 Å². The second-order valence-electron chi connectivity index (χ2n) is 5.51. The molecule has 0 aliphatic carbocycles. The van der Waals surface area contributed by atoms with Crippen LogP contribution in [0.4, 0.5) is 4.79 Å². The average Bonchev–Trinajstić information content (AvgIpc) is 2.52. The van der Waals surface area contributed by atoms with E-state index in [0.29, 0.717) is 13.1 Å². The Kier molecular flexibility index (Phi) is 5.20. The molecular weight excluding hydrogens is 270 g/mol. The first kappa shape index (κ1) is 15.4. The van der Waals surface area contributed by atoms with Gasteiger partial charge in [0.05, 0.1) is 13.0 Å². The van der Waals surface area contributed by atoms with E-state index in [1.54, 1.807) is 4.90 Å². The summed E-state index contributed by atoms with van der Waals surface area (Å²) >= 11 is 0. The highest BCUT2D eigenvalue weighted by Crippen LogP contribution is 2.23. The number of methoxy groups -OCH3 is 1. The number of amides is 1. The highest BCUT2D eigenvalue weighted by atomic mass is 16.6. The van der Waals surface area contributed by atoms with E-state index in [4.69, 9.17) is 9.47 Å². The van der Waals surface area contributed by atoms with Gasteiger partial charge in [-0.3, -0.25) is 4.79 Å². The van der Waals surface area contributed by atoms with Crippen LogP contribution in [0.25, 0.3) is 0 Å². The number of benzene rings is 1. The molecular formula is C16H21NO4. The molecule has 0 bridgehead atoms. The fourth-order valence-electron chi connectivity index (χ4n) is 2.65. The SMILES string of the molecule is COC(=O)[C@H]1C[C@H](C)CN(C(=O)OCc2ccccc2)C1. The summed E-state index contributed by atoms with van der Waals surface area (Å²) in [4.78, 5) is 25.4. The molecule has 1 aromatic carbocycles. The van der Waals surface area contributed by atoms with Crippen LogP contribution >= 0.6 is 0 Å². The first-order chi connectivity index (χ1) is 10.1. The van der Waals surface area contributed by atoms with E-state index in [0.717, 1.165) is 12.0 Å². The quantitative estimate of drug-likeness (QED) is 0.803. The number of esters is 1. The maximum absolute atomic E-state index is 12.1. The lowest BCUT2D eigenvalue weighted by Crippen LogP contribution is -2.46. The minimum Gasteiger partial charge on any atom is -0.469 e. The number of ether oxygens (including phenoxy) is 2. The molecule has 1 saturated heterocycles. The normalized spacial score (nSPS) is 21.7. The number of carbonyl (C=O) groups excluding carboxylic acids is 2. The van der Waals surface area contributed by atoms with Crippen LogP contribution in [0.5, 0.6) is 0 Å². The van der Waals surface area contributed by atoms with Gasteiger partial charge in [0.2, 0.25) is 0 Å². The Morgan fingerprint density at radius 3 is 2.62 bits per heavy atom.